The molecule has 486 valence electrons. The van der Waals surface area contributed by atoms with Gasteiger partial charge in [0.15, 0.2) is 18.1 Å². The molecule has 7 amide bonds. The van der Waals surface area contributed by atoms with Gasteiger partial charge in [-0.25, -0.2) is 28.5 Å². The van der Waals surface area contributed by atoms with Crippen molar-refractivity contribution >= 4 is 91.8 Å². The van der Waals surface area contributed by atoms with Gasteiger partial charge in [-0.05, 0) is 84.3 Å². The smallest absolute Gasteiger partial charge is 0.272 e. The molecule has 0 radical (unpaired) electrons. The number of aromatic nitrogens is 7. The SMILES string of the molecule is COc1cc2ncnc(Nc3ccc(F)c(Cl)c3)c2cc1OCC(=O)NC(Cc1ccc(OCc2cn(CCOCCNc3cccc4c3C(=O)N(C3CCC(=O)NC3=O)C4=O)nn2)cc1)C(=O)N1CCN(C(=O)c2cc(Cc3n[nH]c(=O)c4ccccc34)ccc2F)CC1. The number of benzene rings is 6. The van der Waals surface area contributed by atoms with Crippen LogP contribution < -0.4 is 41.0 Å². The van der Waals surface area contributed by atoms with Gasteiger partial charge < -0.3 is 44.7 Å². The number of amides is 7. The fourth-order valence-electron chi connectivity index (χ4n) is 11.4. The van der Waals surface area contributed by atoms with Crippen LogP contribution in [-0.4, -0.2) is 163 Å². The van der Waals surface area contributed by atoms with Crippen LogP contribution in [-0.2, 0) is 49.9 Å². The number of ether oxygens (including phenoxy) is 4. The average molecular weight is 1310 g/mol. The molecule has 95 heavy (non-hydrogen) atoms. The molecule has 2 unspecified atom stereocenters. The lowest BCUT2D eigenvalue weighted by Gasteiger charge is -2.36. The molecule has 12 rings (SSSR count). The summed E-state index contributed by atoms with van der Waals surface area (Å²) < 4.78 is 54.6. The van der Waals surface area contributed by atoms with Crippen LogP contribution in [0.4, 0.5) is 26.0 Å². The predicted octanol–water partition coefficient (Wildman–Crippen LogP) is 5.93. The summed E-state index contributed by atoms with van der Waals surface area (Å²) in [4.78, 5) is 119. The van der Waals surface area contributed by atoms with Crippen LogP contribution in [0.25, 0.3) is 21.7 Å². The topological polar surface area (TPSA) is 316 Å². The summed E-state index contributed by atoms with van der Waals surface area (Å²) in [5, 5.41) is 27.9. The third-order valence-corrected chi connectivity index (χ3v) is 16.5. The van der Waals surface area contributed by atoms with Crippen molar-refractivity contribution in [1.82, 2.24) is 60.5 Å². The van der Waals surface area contributed by atoms with E-state index in [1.54, 1.807) is 89.7 Å². The van der Waals surface area contributed by atoms with E-state index in [0.717, 1.165) is 4.90 Å². The molecule has 5 N–H and O–H groups in total. The fraction of sp³-hybridized carbons (Fsp3) is 0.258. The van der Waals surface area contributed by atoms with Crippen molar-refractivity contribution in [3.8, 4) is 17.2 Å². The van der Waals surface area contributed by atoms with Gasteiger partial charge in [0.25, 0.3) is 29.2 Å². The Balaban J connectivity index is 0.666. The molecule has 0 saturated carbocycles. The van der Waals surface area contributed by atoms with Gasteiger partial charge in [-0.2, -0.15) is 5.10 Å². The molecule has 3 aromatic heterocycles. The molecule has 3 aliphatic heterocycles. The van der Waals surface area contributed by atoms with Gasteiger partial charge in [0, 0.05) is 80.2 Å². The van der Waals surface area contributed by atoms with E-state index in [2.05, 4.69) is 51.7 Å². The van der Waals surface area contributed by atoms with Crippen molar-refractivity contribution in [2.45, 2.75) is 50.9 Å². The number of anilines is 3. The van der Waals surface area contributed by atoms with Crippen LogP contribution >= 0.6 is 11.6 Å². The molecule has 0 spiro atoms. The van der Waals surface area contributed by atoms with Crippen molar-refractivity contribution in [3.05, 3.63) is 194 Å². The maximum atomic E-state index is 15.5. The van der Waals surface area contributed by atoms with E-state index in [9.17, 15) is 42.7 Å². The second-order valence-electron chi connectivity index (χ2n) is 22.4. The Labute approximate surface area is 543 Å². The number of nitrogens with zero attached hydrogens (tertiary/aromatic N) is 9. The molecule has 2 fully saturated rings. The number of nitrogens with one attached hydrogen (secondary N) is 5. The van der Waals surface area contributed by atoms with E-state index in [4.69, 9.17) is 30.5 Å². The van der Waals surface area contributed by atoms with Gasteiger partial charge in [0.05, 0.1) is 71.4 Å². The van der Waals surface area contributed by atoms with Gasteiger partial charge in [-0.3, -0.25) is 48.6 Å². The van der Waals surface area contributed by atoms with Gasteiger partial charge in [-0.15, -0.1) is 5.10 Å². The number of halogens is 3. The maximum absolute atomic E-state index is 15.5. The largest absolute Gasteiger partial charge is 0.493 e. The van der Waals surface area contributed by atoms with E-state index in [-0.39, 0.29) is 117 Å². The van der Waals surface area contributed by atoms with E-state index < -0.39 is 71.7 Å². The molecule has 29 heteroatoms. The fourth-order valence-corrected chi connectivity index (χ4v) is 11.6. The molecule has 2 saturated heterocycles. The van der Waals surface area contributed by atoms with Gasteiger partial charge in [0.1, 0.15) is 53.9 Å². The van der Waals surface area contributed by atoms with Crippen LogP contribution in [0.2, 0.25) is 5.02 Å². The minimum Gasteiger partial charge on any atom is -0.493 e. The number of hydrogen-bond donors (Lipinski definition) is 5. The highest BCUT2D eigenvalue weighted by Gasteiger charge is 2.46. The zero-order valence-corrected chi connectivity index (χ0v) is 51.5. The van der Waals surface area contributed by atoms with Crippen LogP contribution in [0, 0.1) is 11.6 Å². The Morgan fingerprint density at radius 2 is 1.57 bits per heavy atom. The summed E-state index contributed by atoms with van der Waals surface area (Å²) in [6, 6.07) is 28.0. The molecular weight excluding hydrogens is 1250 g/mol. The molecule has 6 heterocycles. The summed E-state index contributed by atoms with van der Waals surface area (Å²) in [5.41, 5.74) is 3.41. The number of aromatic amines is 1. The number of H-pyrrole nitrogens is 1. The molecule has 26 nitrogen and oxygen atoms in total. The molecule has 0 bridgehead atoms. The first kappa shape index (κ1) is 63.9. The van der Waals surface area contributed by atoms with Crippen molar-refractivity contribution in [1.29, 1.82) is 0 Å². The van der Waals surface area contributed by atoms with Crippen molar-refractivity contribution in [3.63, 3.8) is 0 Å². The third kappa shape index (κ3) is 14.4. The monoisotopic (exact) mass is 1310 g/mol. The summed E-state index contributed by atoms with van der Waals surface area (Å²) in [7, 11) is 1.42. The Hall–Kier alpha value is -11.3. The zero-order valence-electron chi connectivity index (χ0n) is 50.7. The highest BCUT2D eigenvalue weighted by atomic mass is 35.5. The lowest BCUT2D eigenvalue weighted by Crippen LogP contribution is -2.56. The molecule has 6 aromatic carbocycles. The summed E-state index contributed by atoms with van der Waals surface area (Å²) >= 11 is 6.04. The number of carbonyl (C=O) groups is 7. The summed E-state index contributed by atoms with van der Waals surface area (Å²) in [6.45, 7) is 0.833. The zero-order chi connectivity index (χ0) is 66.3. The Bertz CT molecular complexity index is 4550. The molecule has 9 aromatic rings. The number of piperazine rings is 1. The third-order valence-electron chi connectivity index (χ3n) is 16.2. The second-order valence-corrected chi connectivity index (χ2v) is 22.8. The lowest BCUT2D eigenvalue weighted by molar-refractivity contribution is -0.138. The Morgan fingerprint density at radius 1 is 0.789 bits per heavy atom. The van der Waals surface area contributed by atoms with Gasteiger partial charge in [-0.1, -0.05) is 59.3 Å². The number of imide groups is 2. The van der Waals surface area contributed by atoms with E-state index in [0.29, 0.717) is 73.7 Å². The highest BCUT2D eigenvalue weighted by molar-refractivity contribution is 6.31. The van der Waals surface area contributed by atoms with Crippen molar-refractivity contribution in [2.24, 2.45) is 0 Å². The Kier molecular flexibility index (Phi) is 19.0. The first-order valence-electron chi connectivity index (χ1n) is 30.1. The molecular formula is C66H59ClF2N14O12. The number of methoxy groups -OCH3 is 1. The first-order chi connectivity index (χ1) is 46.0. The predicted molar refractivity (Wildman–Crippen MR) is 339 cm³/mol. The number of piperidine rings is 1. The van der Waals surface area contributed by atoms with E-state index in [1.165, 1.54) is 59.6 Å². The Morgan fingerprint density at radius 3 is 2.36 bits per heavy atom. The van der Waals surface area contributed by atoms with Crippen molar-refractivity contribution < 1.29 is 61.3 Å². The molecule has 2 atom stereocenters. The van der Waals surface area contributed by atoms with Crippen LogP contribution in [0.1, 0.15) is 66.4 Å². The normalized spacial score (nSPS) is 15.0. The average Bonchev–Trinajstić information content (AvgIpc) is 1.63. The number of carbonyl (C=O) groups excluding carboxylic acids is 7. The molecule has 3 aliphatic rings. The molecule has 0 aliphatic carbocycles. The van der Waals surface area contributed by atoms with Crippen LogP contribution in [0.15, 0.2) is 133 Å². The van der Waals surface area contributed by atoms with Crippen LogP contribution in [0.3, 0.4) is 0 Å². The van der Waals surface area contributed by atoms with E-state index in [1.807, 2.05) is 0 Å². The lowest BCUT2D eigenvalue weighted by atomic mass is 10.0. The van der Waals surface area contributed by atoms with Gasteiger partial charge in [0.2, 0.25) is 17.7 Å². The summed E-state index contributed by atoms with van der Waals surface area (Å²) in [5.74, 6) is -4.20. The first-order valence-corrected chi connectivity index (χ1v) is 30.5. The quantitative estimate of drug-likeness (QED) is 0.0346. The highest BCUT2D eigenvalue weighted by Crippen LogP contribution is 2.36. The maximum Gasteiger partial charge on any atom is 0.272 e. The minimum absolute atomic E-state index is 0.0146. The summed E-state index contributed by atoms with van der Waals surface area (Å²) in [6.07, 6.45) is 3.32. The van der Waals surface area contributed by atoms with E-state index >= 15 is 4.39 Å². The standard InChI is InChI=1S/C66H59ClF2N14O12/c1-92-55-32-51-46(60(72-36-71-51)73-39-12-16-49(69)47(67)30-39)31-56(55)95-35-58(85)74-53(65(90)81-22-20-80(21-23-81)63(88)45-27-38(11-15-48(45)68)29-52-42-5-2-3-6-43(42)61(86)78-77-52)28-37-9-13-41(14-10-37)94-34-40-33-82(79-76-40)24-26-93-25-19-70-50-8-4-7-44-59(50)66(91)83(64(44)89)54-17-18-57(84)75-62(54)87/h2-16,27,30-33,36,53-54,70H,17-26,28-29,34-35H2,1H3,(H,74,85)(H,78,86)(H,71,72,73)(H,75,84,87). The minimum atomic E-state index is -1.14. The number of fused-ring (bicyclic) bond motifs is 3. The number of hydrogen-bond acceptors (Lipinski definition) is 19. The van der Waals surface area contributed by atoms with Crippen LogP contribution in [0.5, 0.6) is 17.2 Å². The number of rotatable bonds is 24. The second kappa shape index (κ2) is 28.3. The van der Waals surface area contributed by atoms with Gasteiger partial charge >= 0.3 is 0 Å². The van der Waals surface area contributed by atoms with Crippen molar-refractivity contribution in [2.75, 3.05) is 70.3 Å².